The molecule has 0 aliphatic rings. The minimum absolute atomic E-state index is 0.0830. The molecule has 0 saturated carbocycles. The van der Waals surface area contributed by atoms with E-state index in [0.29, 0.717) is 12.1 Å². The topological polar surface area (TPSA) is 43.1 Å². The number of hydrogen-bond donors (Lipinski definition) is 1. The van der Waals surface area contributed by atoms with Gasteiger partial charge in [0.15, 0.2) is 0 Å². The Balaban J connectivity index is 0.000000921. The average molecular weight is 207 g/mol. The normalized spacial score (nSPS) is 9.40. The van der Waals surface area contributed by atoms with Crippen LogP contribution in [0.4, 0.5) is 5.69 Å². The van der Waals surface area contributed by atoms with Gasteiger partial charge in [-0.05, 0) is 11.6 Å². The highest BCUT2D eigenvalue weighted by atomic mass is 16.1. The fourth-order valence-electron chi connectivity index (χ4n) is 1.09. The number of benzene rings is 1. The summed E-state index contributed by atoms with van der Waals surface area (Å²) in [6, 6.07) is 7.50. The lowest BCUT2D eigenvalue weighted by molar-refractivity contribution is -0.121. The zero-order valence-electron chi connectivity index (χ0n) is 10.1. The van der Waals surface area contributed by atoms with E-state index < -0.39 is 0 Å². The summed E-state index contributed by atoms with van der Waals surface area (Å²) in [4.78, 5) is 11.4. The van der Waals surface area contributed by atoms with Gasteiger partial charge in [0.2, 0.25) is 0 Å². The molecule has 0 aliphatic heterocycles. The molecule has 2 heteroatoms. The summed E-state index contributed by atoms with van der Waals surface area (Å²) in [5.41, 5.74) is 7.35. The molecule has 0 atom stereocenters. The van der Waals surface area contributed by atoms with Gasteiger partial charge in [-0.2, -0.15) is 0 Å². The van der Waals surface area contributed by atoms with E-state index in [1.54, 1.807) is 0 Å². The lowest BCUT2D eigenvalue weighted by Crippen LogP contribution is -2.11. The third kappa shape index (κ3) is 4.63. The van der Waals surface area contributed by atoms with Crippen LogP contribution in [0.1, 0.15) is 33.3 Å². The first-order chi connectivity index (χ1) is 7.11. The molecule has 2 nitrogen and oxygen atoms in total. The van der Waals surface area contributed by atoms with Crippen molar-refractivity contribution < 1.29 is 4.79 Å². The molecule has 0 aromatic heterocycles. The second kappa shape index (κ2) is 7.04. The molecule has 1 aromatic carbocycles. The Kier molecular flexibility index (Phi) is 6.43. The van der Waals surface area contributed by atoms with Crippen LogP contribution in [0.5, 0.6) is 0 Å². The number of para-hydroxylation sites is 1. The molecule has 0 spiro atoms. The molecule has 0 amide bonds. The highest BCUT2D eigenvalue weighted by Gasteiger charge is 2.09. The zero-order chi connectivity index (χ0) is 11.8. The molecule has 1 aromatic rings. The van der Waals surface area contributed by atoms with E-state index in [1.165, 1.54) is 0 Å². The number of Topliss-reactive ketones (excluding diaryl/α,β-unsaturated/α-hetero) is 1. The molecule has 0 fully saturated rings. The van der Waals surface area contributed by atoms with Crippen LogP contribution in [-0.4, -0.2) is 5.78 Å². The van der Waals surface area contributed by atoms with Gasteiger partial charge >= 0.3 is 0 Å². The number of rotatable bonds is 3. The maximum absolute atomic E-state index is 11.4. The number of ketones is 1. The smallest absolute Gasteiger partial charge is 0.139 e. The van der Waals surface area contributed by atoms with Gasteiger partial charge in [0.1, 0.15) is 5.78 Å². The second-order valence-electron chi connectivity index (χ2n) is 3.50. The summed E-state index contributed by atoms with van der Waals surface area (Å²) in [6.45, 7) is 7.81. The maximum atomic E-state index is 11.4. The van der Waals surface area contributed by atoms with Crippen molar-refractivity contribution in [2.24, 2.45) is 5.92 Å². The summed E-state index contributed by atoms with van der Waals surface area (Å²) in [7, 11) is 0. The molecule has 0 aliphatic carbocycles. The number of nitrogens with two attached hydrogens (primary N) is 1. The van der Waals surface area contributed by atoms with Crippen molar-refractivity contribution >= 4 is 11.5 Å². The van der Waals surface area contributed by atoms with Crippen LogP contribution in [0.25, 0.3) is 0 Å². The fourth-order valence-corrected chi connectivity index (χ4v) is 1.09. The summed E-state index contributed by atoms with van der Waals surface area (Å²) in [5, 5.41) is 0. The quantitative estimate of drug-likeness (QED) is 0.774. The molecule has 2 N–H and O–H groups in total. The first-order valence-electron chi connectivity index (χ1n) is 5.47. The second-order valence-corrected chi connectivity index (χ2v) is 3.50. The van der Waals surface area contributed by atoms with Crippen LogP contribution in [0, 0.1) is 5.92 Å². The number of carbonyl (C=O) groups is 1. The maximum Gasteiger partial charge on any atom is 0.139 e. The monoisotopic (exact) mass is 207 g/mol. The highest BCUT2D eigenvalue weighted by Crippen LogP contribution is 2.13. The van der Waals surface area contributed by atoms with Crippen LogP contribution >= 0.6 is 0 Å². The van der Waals surface area contributed by atoms with E-state index in [9.17, 15) is 4.79 Å². The first kappa shape index (κ1) is 13.7. The third-order valence-corrected chi connectivity index (χ3v) is 2.06. The number of anilines is 1. The van der Waals surface area contributed by atoms with E-state index in [2.05, 4.69) is 0 Å². The van der Waals surface area contributed by atoms with Gasteiger partial charge in [0, 0.05) is 18.0 Å². The first-order valence-corrected chi connectivity index (χ1v) is 5.47. The Morgan fingerprint density at radius 2 is 1.80 bits per heavy atom. The molecule has 0 heterocycles. The van der Waals surface area contributed by atoms with Gasteiger partial charge in [-0.15, -0.1) is 0 Å². The largest absolute Gasteiger partial charge is 0.398 e. The van der Waals surface area contributed by atoms with Crippen molar-refractivity contribution in [3.05, 3.63) is 29.8 Å². The molecule has 0 saturated heterocycles. The zero-order valence-corrected chi connectivity index (χ0v) is 10.1. The van der Waals surface area contributed by atoms with Gasteiger partial charge in [-0.3, -0.25) is 4.79 Å². The number of carbonyl (C=O) groups excluding carboxylic acids is 1. The van der Waals surface area contributed by atoms with Crippen molar-refractivity contribution in [1.82, 2.24) is 0 Å². The van der Waals surface area contributed by atoms with Crippen molar-refractivity contribution in [1.29, 1.82) is 0 Å². The molecular formula is C13H21NO. The summed E-state index contributed by atoms with van der Waals surface area (Å²) >= 11 is 0. The minimum Gasteiger partial charge on any atom is -0.398 e. The summed E-state index contributed by atoms with van der Waals surface area (Å²) < 4.78 is 0. The van der Waals surface area contributed by atoms with E-state index in [4.69, 9.17) is 5.73 Å². The summed E-state index contributed by atoms with van der Waals surface area (Å²) in [6.07, 6.45) is 0.449. The van der Waals surface area contributed by atoms with Crippen LogP contribution in [0.15, 0.2) is 24.3 Å². The molecule has 84 valence electrons. The Morgan fingerprint density at radius 3 is 2.27 bits per heavy atom. The van der Waals surface area contributed by atoms with E-state index in [0.717, 1.165) is 5.56 Å². The van der Waals surface area contributed by atoms with Crippen LogP contribution in [0.2, 0.25) is 0 Å². The van der Waals surface area contributed by atoms with Crippen LogP contribution in [-0.2, 0) is 11.2 Å². The molecule has 15 heavy (non-hydrogen) atoms. The Hall–Kier alpha value is -1.31. The van der Waals surface area contributed by atoms with E-state index in [-0.39, 0.29) is 11.7 Å². The Bertz CT molecular complexity index is 305. The lowest BCUT2D eigenvalue weighted by Gasteiger charge is -2.06. The van der Waals surface area contributed by atoms with Gasteiger partial charge in [0.05, 0.1) is 0 Å². The van der Waals surface area contributed by atoms with Crippen molar-refractivity contribution in [2.45, 2.75) is 34.1 Å². The third-order valence-electron chi connectivity index (χ3n) is 2.06. The van der Waals surface area contributed by atoms with Gasteiger partial charge in [-0.25, -0.2) is 0 Å². The van der Waals surface area contributed by atoms with Crippen molar-refractivity contribution in [3.8, 4) is 0 Å². The summed E-state index contributed by atoms with van der Waals surface area (Å²) in [5.74, 6) is 0.317. The molecule has 0 radical (unpaired) electrons. The predicted molar refractivity (Wildman–Crippen MR) is 65.8 cm³/mol. The highest BCUT2D eigenvalue weighted by molar-refractivity contribution is 5.83. The van der Waals surface area contributed by atoms with Gasteiger partial charge < -0.3 is 5.73 Å². The molecule has 0 bridgehead atoms. The molecule has 0 unspecified atom stereocenters. The standard InChI is InChI=1S/C11H15NO.C2H6/c1-8(2)11(13)7-9-5-3-4-6-10(9)12;1-2/h3-6,8H,7,12H2,1-2H3;1-2H3. The van der Waals surface area contributed by atoms with Crippen molar-refractivity contribution in [3.63, 3.8) is 0 Å². The molecular weight excluding hydrogens is 186 g/mol. The SMILES string of the molecule is CC.CC(C)C(=O)Cc1ccccc1N. The van der Waals surface area contributed by atoms with Crippen molar-refractivity contribution in [2.75, 3.05) is 5.73 Å². The number of hydrogen-bond acceptors (Lipinski definition) is 2. The van der Waals surface area contributed by atoms with E-state index >= 15 is 0 Å². The van der Waals surface area contributed by atoms with E-state index in [1.807, 2.05) is 52.0 Å². The van der Waals surface area contributed by atoms with Crippen LogP contribution in [0.3, 0.4) is 0 Å². The lowest BCUT2D eigenvalue weighted by atomic mass is 10.0. The molecule has 1 rings (SSSR count). The Morgan fingerprint density at radius 1 is 1.27 bits per heavy atom. The predicted octanol–water partition coefficient (Wildman–Crippen LogP) is 3.06. The van der Waals surface area contributed by atoms with Gasteiger partial charge in [0.25, 0.3) is 0 Å². The minimum atomic E-state index is 0.0830. The van der Waals surface area contributed by atoms with Crippen LogP contribution < -0.4 is 5.73 Å². The fraction of sp³-hybridized carbons (Fsp3) is 0.462. The average Bonchev–Trinajstić information content (AvgIpc) is 2.24. The van der Waals surface area contributed by atoms with Gasteiger partial charge in [-0.1, -0.05) is 45.9 Å². The Labute approximate surface area is 92.5 Å². The number of nitrogen functional groups attached to an aromatic ring is 1.